The lowest BCUT2D eigenvalue weighted by Gasteiger charge is -2.25. The minimum atomic E-state index is -1.70. The van der Waals surface area contributed by atoms with Gasteiger partial charge < -0.3 is 52.2 Å². The Bertz CT molecular complexity index is 1330. The van der Waals surface area contributed by atoms with Gasteiger partial charge in [-0.2, -0.15) is 0 Å². The van der Waals surface area contributed by atoms with Crippen LogP contribution in [-0.4, -0.2) is 101 Å². The van der Waals surface area contributed by atoms with Crippen LogP contribution >= 0.6 is 0 Å². The van der Waals surface area contributed by atoms with Crippen molar-refractivity contribution in [3.63, 3.8) is 0 Å². The summed E-state index contributed by atoms with van der Waals surface area (Å²) in [5.74, 6) is -3.27. The summed E-state index contributed by atoms with van der Waals surface area (Å²) in [5.41, 5.74) is 4.02. The highest BCUT2D eigenvalue weighted by molar-refractivity contribution is 5.94. The number of nitrogens with two attached hydrogens (primary N) is 1. The number of unbranched alkanes of at least 4 members (excludes halogenated alkanes) is 14. The van der Waals surface area contributed by atoms with Crippen LogP contribution in [0.15, 0.2) is 0 Å². The van der Waals surface area contributed by atoms with E-state index in [4.69, 9.17) is 15.2 Å². The Kier molecular flexibility index (Phi) is 30.3. The molecule has 1 unspecified atom stereocenters. The fourth-order valence-electron chi connectivity index (χ4n) is 6.41. The van der Waals surface area contributed by atoms with Crippen LogP contribution in [0.4, 0.5) is 9.59 Å². The van der Waals surface area contributed by atoms with Gasteiger partial charge in [0, 0.05) is 19.5 Å². The van der Waals surface area contributed by atoms with Crippen LogP contribution in [-0.2, 0) is 33.4 Å². The van der Waals surface area contributed by atoms with Gasteiger partial charge in [0.05, 0.1) is 6.04 Å². The smallest absolute Gasteiger partial charge is 0.407 e. The fraction of sp³-hybridized carbons (Fsp3) is 0.844. The predicted molar refractivity (Wildman–Crippen MR) is 241 cm³/mol. The van der Waals surface area contributed by atoms with Crippen molar-refractivity contribution in [1.29, 1.82) is 0 Å². The fourth-order valence-corrected chi connectivity index (χ4v) is 6.41. The second kappa shape index (κ2) is 32.5. The number of alkyl carbamates (subject to hydrolysis) is 2. The predicted octanol–water partition coefficient (Wildman–Crippen LogP) is 5.68. The number of primary amides is 1. The van der Waals surface area contributed by atoms with Crippen molar-refractivity contribution in [3.05, 3.63) is 0 Å². The summed E-state index contributed by atoms with van der Waals surface area (Å²) in [7, 11) is 0. The Balaban J connectivity index is 5.16. The molecule has 5 atom stereocenters. The Morgan fingerprint density at radius 2 is 0.935 bits per heavy atom. The molecule has 17 heteroatoms. The SMILES string of the molecule is CCCCCCCCCCCCCCCC(=O)N[C@@H](CCCCNC(=O)OC(C)(C)C)C(=O)N[C@@H](C)C(=O)N[C@@H](C)C(=O)N[C@@H](CCCCNC(=O)OC(C)(C)C)C(O)C(N)=O. The summed E-state index contributed by atoms with van der Waals surface area (Å²) in [6, 6.07) is -4.25. The largest absolute Gasteiger partial charge is 0.444 e. The first-order chi connectivity index (χ1) is 29.1. The minimum Gasteiger partial charge on any atom is -0.444 e. The van der Waals surface area contributed by atoms with Gasteiger partial charge in [-0.3, -0.25) is 24.0 Å². The second-order valence-electron chi connectivity index (χ2n) is 18.4. The average molecular weight is 884 g/mol. The number of aliphatic hydroxyl groups is 1. The van der Waals surface area contributed by atoms with Gasteiger partial charge in [-0.05, 0) is 100 Å². The maximum Gasteiger partial charge on any atom is 0.407 e. The van der Waals surface area contributed by atoms with E-state index in [1.165, 1.54) is 71.6 Å². The molecule has 0 spiro atoms. The van der Waals surface area contributed by atoms with Gasteiger partial charge in [-0.25, -0.2) is 9.59 Å². The number of aliphatic hydroxyl groups excluding tert-OH is 1. The van der Waals surface area contributed by atoms with Crippen molar-refractivity contribution >= 4 is 41.7 Å². The Labute approximate surface area is 372 Å². The topological polar surface area (TPSA) is 256 Å². The standard InChI is InChI=1S/C45H85N7O10/c1-10-11-12-13-14-15-16-17-18-19-20-21-22-29-36(53)51-35(28-24-26-31-48-43(60)62-45(7,8)9)41(58)50-32(2)39(56)49-33(3)40(57)52-34(37(54)38(46)55)27-23-25-30-47-42(59)61-44(4,5)6/h32-35,37,54H,10-31H2,1-9H3,(H2,46,55)(H,47,59)(H,48,60)(H,49,56)(H,50,58)(H,51,53)(H,52,57)/t32-,33-,34-,35-,37?/m0/s1. The van der Waals surface area contributed by atoms with E-state index < -0.39 is 77.3 Å². The summed E-state index contributed by atoms with van der Waals surface area (Å²) in [6.45, 7) is 16.2. The molecule has 0 aliphatic carbocycles. The zero-order chi connectivity index (χ0) is 47.1. The van der Waals surface area contributed by atoms with E-state index in [1.54, 1.807) is 41.5 Å². The van der Waals surface area contributed by atoms with Gasteiger partial charge in [-0.15, -0.1) is 0 Å². The number of carbonyl (C=O) groups excluding carboxylic acids is 7. The molecule has 0 rings (SSSR count). The monoisotopic (exact) mass is 884 g/mol. The molecule has 0 aromatic carbocycles. The van der Waals surface area contributed by atoms with Gasteiger partial charge in [-0.1, -0.05) is 84.0 Å². The van der Waals surface area contributed by atoms with Gasteiger partial charge in [0.25, 0.3) is 0 Å². The number of ether oxygens (including phenoxy) is 2. The molecule has 0 saturated heterocycles. The molecule has 0 aliphatic heterocycles. The average Bonchev–Trinajstić information content (AvgIpc) is 3.16. The van der Waals surface area contributed by atoms with Crippen molar-refractivity contribution in [2.75, 3.05) is 13.1 Å². The molecule has 0 radical (unpaired) electrons. The van der Waals surface area contributed by atoms with Crippen LogP contribution in [0.3, 0.4) is 0 Å². The quantitative estimate of drug-likeness (QED) is 0.0374. The molecule has 9 N–H and O–H groups in total. The molecule has 17 nitrogen and oxygen atoms in total. The van der Waals surface area contributed by atoms with E-state index in [-0.39, 0.29) is 31.7 Å². The van der Waals surface area contributed by atoms with Crippen LogP contribution < -0.4 is 37.6 Å². The van der Waals surface area contributed by atoms with Gasteiger partial charge in [0.15, 0.2) is 6.10 Å². The van der Waals surface area contributed by atoms with Crippen molar-refractivity contribution < 1.29 is 48.1 Å². The Morgan fingerprint density at radius 3 is 1.37 bits per heavy atom. The van der Waals surface area contributed by atoms with Crippen LogP contribution in [0, 0.1) is 0 Å². The summed E-state index contributed by atoms with van der Waals surface area (Å²) < 4.78 is 10.5. The van der Waals surface area contributed by atoms with E-state index in [0.29, 0.717) is 38.6 Å². The Hall–Kier alpha value is -4.15. The summed E-state index contributed by atoms with van der Waals surface area (Å²) in [5, 5.41) is 26.3. The maximum atomic E-state index is 13.5. The highest BCUT2D eigenvalue weighted by Gasteiger charge is 2.30. The third-order valence-electron chi connectivity index (χ3n) is 9.86. The van der Waals surface area contributed by atoms with E-state index in [0.717, 1.165) is 19.3 Å². The Morgan fingerprint density at radius 1 is 0.532 bits per heavy atom. The number of rotatable bonds is 33. The first kappa shape index (κ1) is 57.9. The molecule has 62 heavy (non-hydrogen) atoms. The summed E-state index contributed by atoms with van der Waals surface area (Å²) >= 11 is 0. The van der Waals surface area contributed by atoms with Crippen LogP contribution in [0.5, 0.6) is 0 Å². The van der Waals surface area contributed by atoms with Crippen molar-refractivity contribution in [1.82, 2.24) is 31.9 Å². The highest BCUT2D eigenvalue weighted by atomic mass is 16.6. The first-order valence-corrected chi connectivity index (χ1v) is 23.2. The summed E-state index contributed by atoms with van der Waals surface area (Å²) in [4.78, 5) is 88.5. The number of amides is 7. The highest BCUT2D eigenvalue weighted by Crippen LogP contribution is 2.14. The molecular weight excluding hydrogens is 799 g/mol. The number of carbonyl (C=O) groups is 7. The normalized spacial score (nSPS) is 14.0. The minimum absolute atomic E-state index is 0.141. The molecule has 0 saturated carbocycles. The van der Waals surface area contributed by atoms with Crippen LogP contribution in [0.25, 0.3) is 0 Å². The van der Waals surface area contributed by atoms with Gasteiger partial charge in [0.2, 0.25) is 29.5 Å². The maximum absolute atomic E-state index is 13.5. The molecule has 0 bridgehead atoms. The van der Waals surface area contributed by atoms with E-state index in [9.17, 15) is 38.7 Å². The van der Waals surface area contributed by atoms with E-state index in [1.807, 2.05) is 0 Å². The summed E-state index contributed by atoms with van der Waals surface area (Å²) in [6.07, 6.45) is 15.0. The lowest BCUT2D eigenvalue weighted by atomic mass is 10.0. The number of hydrogen-bond acceptors (Lipinski definition) is 10. The third-order valence-corrected chi connectivity index (χ3v) is 9.86. The van der Waals surface area contributed by atoms with E-state index in [2.05, 4.69) is 38.8 Å². The lowest BCUT2D eigenvalue weighted by molar-refractivity contribution is -0.134. The van der Waals surface area contributed by atoms with E-state index >= 15 is 0 Å². The van der Waals surface area contributed by atoms with Crippen molar-refractivity contribution in [2.24, 2.45) is 5.73 Å². The van der Waals surface area contributed by atoms with Crippen molar-refractivity contribution in [3.8, 4) is 0 Å². The van der Waals surface area contributed by atoms with Gasteiger partial charge >= 0.3 is 12.2 Å². The van der Waals surface area contributed by atoms with Crippen molar-refractivity contribution in [2.45, 2.75) is 232 Å². The molecule has 0 fully saturated rings. The zero-order valence-electron chi connectivity index (χ0n) is 39.6. The molecule has 0 heterocycles. The molecule has 0 aromatic heterocycles. The van der Waals surface area contributed by atoms with Crippen LogP contribution in [0.2, 0.25) is 0 Å². The number of hydrogen-bond donors (Lipinski definition) is 8. The van der Waals surface area contributed by atoms with Crippen LogP contribution in [0.1, 0.15) is 191 Å². The molecular formula is C45H85N7O10. The molecule has 7 amide bonds. The third kappa shape index (κ3) is 31.7. The molecule has 360 valence electrons. The zero-order valence-corrected chi connectivity index (χ0v) is 39.6. The first-order valence-electron chi connectivity index (χ1n) is 23.2. The molecule has 0 aromatic rings. The number of nitrogens with one attached hydrogen (secondary N) is 6. The van der Waals surface area contributed by atoms with Gasteiger partial charge in [0.1, 0.15) is 29.3 Å². The lowest BCUT2D eigenvalue weighted by Crippen LogP contribution is -2.57. The molecule has 0 aliphatic rings. The second-order valence-corrected chi connectivity index (χ2v) is 18.4.